The highest BCUT2D eigenvalue weighted by Gasteiger charge is 2.14. The minimum Gasteiger partial charge on any atom is -0.497 e. The molecule has 0 radical (unpaired) electrons. The third kappa shape index (κ3) is 32.8. The van der Waals surface area contributed by atoms with Crippen LogP contribution in [0.15, 0.2) is 24.3 Å². The number of hydrogen-bond acceptors (Lipinski definition) is 10. The topological polar surface area (TPSA) is 198 Å². The summed E-state index contributed by atoms with van der Waals surface area (Å²) >= 11 is 0. The van der Waals surface area contributed by atoms with Crippen LogP contribution in [-0.4, -0.2) is 94.2 Å². The Hall–Kier alpha value is -1.85. The first-order chi connectivity index (χ1) is 14.7. The van der Waals surface area contributed by atoms with Crippen molar-refractivity contribution in [3.8, 4) is 5.75 Å². The first-order valence-corrected chi connectivity index (χ1v) is 8.69. The number of ether oxygens (including phenoxy) is 1. The molecule has 0 aromatic heterocycles. The monoisotopic (exact) mass is 474 g/mol. The fourth-order valence-corrected chi connectivity index (χ4v) is 2.01. The van der Waals surface area contributed by atoms with Gasteiger partial charge in [-0.15, -0.1) is 0 Å². The lowest BCUT2D eigenvalue weighted by atomic mass is 10.1. The van der Waals surface area contributed by atoms with Gasteiger partial charge < -0.3 is 49.8 Å². The SMILES string of the molecule is COc1ccc(CN2CCCCC2=N)cc1.OB(O)F.OB(O)F.OB(O)F.OB(O)F. The molecule has 9 N–H and O–H groups in total. The number of benzene rings is 1. The molecule has 2 rings (SSSR count). The largest absolute Gasteiger partial charge is 0.674 e. The summed E-state index contributed by atoms with van der Waals surface area (Å²) in [7, 11) is -8.99. The molecule has 11 nitrogen and oxygen atoms in total. The van der Waals surface area contributed by atoms with E-state index in [9.17, 15) is 17.3 Å². The Kier molecular flexibility index (Phi) is 24.3. The summed E-state index contributed by atoms with van der Waals surface area (Å²) in [5, 5.41) is 63.4. The van der Waals surface area contributed by atoms with Crippen molar-refractivity contribution in [2.75, 3.05) is 13.7 Å². The molecule has 1 aromatic carbocycles. The average molecular weight is 474 g/mol. The molecule has 1 aliphatic rings. The fraction of sp³-hybridized carbons (Fsp3) is 0.462. The summed E-state index contributed by atoms with van der Waals surface area (Å²) in [4.78, 5) is 2.16. The van der Waals surface area contributed by atoms with E-state index in [0.29, 0.717) is 0 Å². The summed E-state index contributed by atoms with van der Waals surface area (Å²) in [5.41, 5.74) is 1.24. The molecule has 1 fully saturated rings. The molecule has 0 unspecified atom stereocenters. The number of hydrogen-bond donors (Lipinski definition) is 9. The zero-order chi connectivity index (χ0) is 25.7. The van der Waals surface area contributed by atoms with Gasteiger partial charge in [0.25, 0.3) is 0 Å². The Morgan fingerprint density at radius 1 is 0.812 bits per heavy atom. The summed E-state index contributed by atoms with van der Waals surface area (Å²) < 4.78 is 45.6. The first-order valence-electron chi connectivity index (χ1n) is 8.69. The number of likely N-dealkylation sites (tertiary alicyclic amines) is 1. The molecule has 0 spiro atoms. The van der Waals surface area contributed by atoms with Gasteiger partial charge in [-0.1, -0.05) is 12.1 Å². The molecule has 0 saturated carbocycles. The third-order valence-electron chi connectivity index (χ3n) is 3.01. The molecule has 0 aliphatic carbocycles. The van der Waals surface area contributed by atoms with Crippen molar-refractivity contribution in [1.29, 1.82) is 5.41 Å². The van der Waals surface area contributed by atoms with Crippen LogP contribution in [0.5, 0.6) is 5.75 Å². The second-order valence-electron chi connectivity index (χ2n) is 5.42. The normalized spacial score (nSPS) is 11.5. The van der Waals surface area contributed by atoms with Gasteiger partial charge in [0.2, 0.25) is 0 Å². The molecular weight excluding hydrogens is 447 g/mol. The van der Waals surface area contributed by atoms with E-state index >= 15 is 0 Å². The van der Waals surface area contributed by atoms with Crippen LogP contribution >= 0.6 is 0 Å². The van der Waals surface area contributed by atoms with Crippen molar-refractivity contribution in [3.05, 3.63) is 29.8 Å². The smallest absolute Gasteiger partial charge is 0.497 e. The molecule has 0 atom stereocenters. The van der Waals surface area contributed by atoms with E-state index in [4.69, 9.17) is 50.3 Å². The highest BCUT2D eigenvalue weighted by molar-refractivity contribution is 6.32. The zero-order valence-electron chi connectivity index (χ0n) is 17.1. The second kappa shape index (κ2) is 22.3. The van der Waals surface area contributed by atoms with Crippen LogP contribution in [0.25, 0.3) is 0 Å². The lowest BCUT2D eigenvalue weighted by molar-refractivity contribution is 0.338. The van der Waals surface area contributed by atoms with Gasteiger partial charge >= 0.3 is 29.6 Å². The van der Waals surface area contributed by atoms with Crippen molar-refractivity contribution >= 4 is 35.4 Å². The number of methoxy groups -OCH3 is 1. The van der Waals surface area contributed by atoms with Crippen LogP contribution < -0.4 is 4.74 Å². The van der Waals surface area contributed by atoms with Crippen molar-refractivity contribution in [3.63, 3.8) is 0 Å². The molecular formula is C13H26B4F4N2O9. The van der Waals surface area contributed by atoms with Gasteiger partial charge in [0.15, 0.2) is 0 Å². The first kappa shape index (κ1) is 34.8. The van der Waals surface area contributed by atoms with Crippen LogP contribution in [0.4, 0.5) is 17.3 Å². The van der Waals surface area contributed by atoms with Crippen LogP contribution in [0.3, 0.4) is 0 Å². The lowest BCUT2D eigenvalue weighted by Gasteiger charge is -2.29. The standard InChI is InChI=1S/C13H18N2O.4BFH2O2/c1-16-12-7-5-11(6-8-12)10-15-9-3-2-4-13(15)14;4*2-1(3)4/h5-8,14H,2-4,9-10H2,1H3;4*3-4H. The van der Waals surface area contributed by atoms with E-state index in [-0.39, 0.29) is 0 Å². The Labute approximate surface area is 183 Å². The molecule has 1 heterocycles. The van der Waals surface area contributed by atoms with Crippen molar-refractivity contribution in [1.82, 2.24) is 4.90 Å². The summed E-state index contributed by atoms with van der Waals surface area (Å²) in [6, 6.07) is 8.09. The molecule has 1 aliphatic heterocycles. The van der Waals surface area contributed by atoms with Crippen molar-refractivity contribution < 1.29 is 62.2 Å². The fourth-order valence-electron chi connectivity index (χ4n) is 2.01. The van der Waals surface area contributed by atoms with Gasteiger partial charge in [-0.05, 0) is 30.5 Å². The van der Waals surface area contributed by atoms with E-state index in [0.717, 1.165) is 37.5 Å². The molecule has 182 valence electrons. The van der Waals surface area contributed by atoms with Crippen LogP contribution in [0.2, 0.25) is 0 Å². The van der Waals surface area contributed by atoms with Gasteiger partial charge in [-0.2, -0.15) is 0 Å². The average Bonchev–Trinajstić information content (AvgIpc) is 2.62. The Morgan fingerprint density at radius 2 is 1.19 bits per heavy atom. The van der Waals surface area contributed by atoms with E-state index in [1.807, 2.05) is 12.1 Å². The number of halogens is 4. The Morgan fingerprint density at radius 3 is 1.50 bits per heavy atom. The number of nitrogens with zero attached hydrogens (tertiary/aromatic N) is 1. The van der Waals surface area contributed by atoms with Gasteiger partial charge in [0.1, 0.15) is 5.75 Å². The highest BCUT2D eigenvalue weighted by Crippen LogP contribution is 2.17. The molecule has 1 aromatic rings. The van der Waals surface area contributed by atoms with Crippen LogP contribution in [0, 0.1) is 5.41 Å². The summed E-state index contributed by atoms with van der Waals surface area (Å²) in [6.45, 7) is 1.87. The second-order valence-corrected chi connectivity index (χ2v) is 5.42. The predicted molar refractivity (Wildman–Crippen MR) is 110 cm³/mol. The number of rotatable bonds is 3. The van der Waals surface area contributed by atoms with Gasteiger partial charge in [0.05, 0.1) is 12.9 Å². The summed E-state index contributed by atoms with van der Waals surface area (Å²) in [5.74, 6) is 1.67. The highest BCUT2D eigenvalue weighted by atomic mass is 19.1. The van der Waals surface area contributed by atoms with E-state index in [1.54, 1.807) is 7.11 Å². The number of piperidine rings is 1. The predicted octanol–water partition coefficient (Wildman–Crippen LogP) is -1.64. The summed E-state index contributed by atoms with van der Waals surface area (Å²) in [6.07, 6.45) is 3.30. The van der Waals surface area contributed by atoms with E-state index < -0.39 is 29.6 Å². The van der Waals surface area contributed by atoms with Crippen molar-refractivity contribution in [2.45, 2.75) is 25.8 Å². The van der Waals surface area contributed by atoms with Gasteiger partial charge in [-0.25, -0.2) is 0 Å². The zero-order valence-corrected chi connectivity index (χ0v) is 17.1. The van der Waals surface area contributed by atoms with Crippen molar-refractivity contribution in [2.24, 2.45) is 0 Å². The third-order valence-corrected chi connectivity index (χ3v) is 3.01. The Bertz CT molecular complexity index is 532. The quantitative estimate of drug-likeness (QED) is 0.181. The maximum absolute atomic E-state index is 10.1. The van der Waals surface area contributed by atoms with E-state index in [2.05, 4.69) is 17.0 Å². The number of nitrogens with one attached hydrogen (secondary N) is 1. The minimum atomic E-state index is -2.67. The molecule has 0 amide bonds. The molecule has 0 bridgehead atoms. The number of amidine groups is 1. The van der Waals surface area contributed by atoms with Crippen LogP contribution in [0.1, 0.15) is 24.8 Å². The maximum atomic E-state index is 10.1. The van der Waals surface area contributed by atoms with Crippen LogP contribution in [-0.2, 0) is 6.54 Å². The van der Waals surface area contributed by atoms with Gasteiger partial charge in [-0.3, -0.25) is 22.7 Å². The maximum Gasteiger partial charge on any atom is 0.674 e. The minimum absolute atomic E-state index is 0.780. The molecule has 19 heteroatoms. The molecule has 1 saturated heterocycles. The molecule has 32 heavy (non-hydrogen) atoms. The van der Waals surface area contributed by atoms with Gasteiger partial charge in [0, 0.05) is 19.5 Å². The van der Waals surface area contributed by atoms with E-state index in [1.165, 1.54) is 12.0 Å². The lowest BCUT2D eigenvalue weighted by Crippen LogP contribution is -2.34. The Balaban J connectivity index is -0.000000432.